The molecule has 0 aliphatic carbocycles. The number of carbonyl (C=O) groups is 1. The molecule has 0 aromatic heterocycles. The van der Waals surface area contributed by atoms with Gasteiger partial charge in [0.15, 0.2) is 0 Å². The monoisotopic (exact) mass is 241 g/mol. The highest BCUT2D eigenvalue weighted by Gasteiger charge is 2.23. The molecule has 1 rings (SSSR count). The van der Waals surface area contributed by atoms with Crippen molar-refractivity contribution in [3.05, 3.63) is 0 Å². The van der Waals surface area contributed by atoms with Crippen molar-refractivity contribution in [1.82, 2.24) is 10.2 Å². The quantitative estimate of drug-likeness (QED) is 0.728. The molecule has 0 bridgehead atoms. The maximum absolute atomic E-state index is 10.9. The zero-order valence-electron chi connectivity index (χ0n) is 11.5. The largest absolute Gasteiger partial charge is 0.352 e. The van der Waals surface area contributed by atoms with Crippen molar-refractivity contribution in [2.45, 2.75) is 46.1 Å². The molecule has 100 valence electrons. The van der Waals surface area contributed by atoms with Crippen molar-refractivity contribution in [1.29, 1.82) is 0 Å². The summed E-state index contributed by atoms with van der Waals surface area (Å²) in [5.41, 5.74) is 5.98. The Morgan fingerprint density at radius 1 is 1.53 bits per heavy atom. The molecular formula is C13H27N3O. The third-order valence-corrected chi connectivity index (χ3v) is 3.56. The fourth-order valence-electron chi connectivity index (χ4n) is 2.32. The van der Waals surface area contributed by atoms with Gasteiger partial charge >= 0.3 is 0 Å². The molecular weight excluding hydrogens is 214 g/mol. The Kier molecular flexibility index (Phi) is 5.40. The Balaban J connectivity index is 2.16. The van der Waals surface area contributed by atoms with Crippen LogP contribution in [-0.2, 0) is 4.79 Å². The molecule has 0 spiro atoms. The number of rotatable bonds is 6. The van der Waals surface area contributed by atoms with Crippen molar-refractivity contribution in [2.75, 3.05) is 26.2 Å². The molecule has 1 atom stereocenters. The van der Waals surface area contributed by atoms with Crippen LogP contribution in [0.15, 0.2) is 0 Å². The summed E-state index contributed by atoms with van der Waals surface area (Å²) >= 11 is 0. The van der Waals surface area contributed by atoms with Crippen molar-refractivity contribution in [3.8, 4) is 0 Å². The first-order valence-corrected chi connectivity index (χ1v) is 6.62. The van der Waals surface area contributed by atoms with Gasteiger partial charge in [-0.2, -0.15) is 0 Å². The van der Waals surface area contributed by atoms with Crippen molar-refractivity contribution in [2.24, 2.45) is 11.1 Å². The molecule has 1 fully saturated rings. The summed E-state index contributed by atoms with van der Waals surface area (Å²) in [7, 11) is 0. The lowest BCUT2D eigenvalue weighted by molar-refractivity contribution is -0.119. The predicted octanol–water partition coefficient (Wildman–Crippen LogP) is 0.962. The molecule has 1 heterocycles. The highest BCUT2D eigenvalue weighted by molar-refractivity contribution is 5.73. The maximum atomic E-state index is 10.9. The molecule has 1 unspecified atom stereocenters. The Hall–Kier alpha value is -0.610. The first kappa shape index (κ1) is 14.5. The second kappa shape index (κ2) is 6.36. The first-order chi connectivity index (χ1) is 7.93. The summed E-state index contributed by atoms with van der Waals surface area (Å²) in [6.07, 6.45) is 3.45. The van der Waals surface area contributed by atoms with Crippen LogP contribution in [0.5, 0.6) is 0 Å². The van der Waals surface area contributed by atoms with Gasteiger partial charge in [-0.25, -0.2) is 0 Å². The lowest BCUT2D eigenvalue weighted by Crippen LogP contribution is -2.36. The normalized spacial score (nSPS) is 21.8. The van der Waals surface area contributed by atoms with E-state index in [4.69, 9.17) is 5.73 Å². The lowest BCUT2D eigenvalue weighted by atomic mass is 9.88. The fourth-order valence-corrected chi connectivity index (χ4v) is 2.32. The molecule has 17 heavy (non-hydrogen) atoms. The zero-order chi connectivity index (χ0) is 12.9. The molecule has 0 radical (unpaired) electrons. The van der Waals surface area contributed by atoms with Gasteiger partial charge in [-0.15, -0.1) is 0 Å². The second-order valence-electron chi connectivity index (χ2n) is 5.96. The van der Waals surface area contributed by atoms with E-state index < -0.39 is 0 Å². The number of likely N-dealkylation sites (tertiary alicyclic amines) is 1. The Morgan fingerprint density at radius 2 is 2.24 bits per heavy atom. The molecule has 0 aromatic carbocycles. The van der Waals surface area contributed by atoms with Crippen LogP contribution in [0.1, 0.15) is 40.0 Å². The van der Waals surface area contributed by atoms with Gasteiger partial charge in [-0.1, -0.05) is 13.8 Å². The van der Waals surface area contributed by atoms with Gasteiger partial charge in [0.1, 0.15) is 0 Å². The van der Waals surface area contributed by atoms with Crippen molar-refractivity contribution < 1.29 is 4.79 Å². The highest BCUT2D eigenvalue weighted by atomic mass is 16.1. The lowest BCUT2D eigenvalue weighted by Gasteiger charge is -2.24. The van der Waals surface area contributed by atoms with Gasteiger partial charge in [0.25, 0.3) is 0 Å². The number of nitrogens with one attached hydrogen (secondary N) is 1. The Labute approximate surface area is 105 Å². The summed E-state index contributed by atoms with van der Waals surface area (Å²) in [5.74, 6) is 0.0844. The summed E-state index contributed by atoms with van der Waals surface area (Å²) < 4.78 is 0. The number of nitrogens with two attached hydrogens (primary N) is 1. The van der Waals surface area contributed by atoms with Crippen LogP contribution < -0.4 is 11.1 Å². The second-order valence-corrected chi connectivity index (χ2v) is 5.96. The van der Waals surface area contributed by atoms with Gasteiger partial charge in [0.05, 0.1) is 0 Å². The standard InChI is InChI=1S/C13H27N3O/c1-11(17)15-12-5-8-16(9-12)7-4-6-13(2,3)10-14/h12H,4-10,14H2,1-3H3,(H,15,17). The number of hydrogen-bond donors (Lipinski definition) is 2. The van der Waals surface area contributed by atoms with Crippen LogP contribution in [-0.4, -0.2) is 43.0 Å². The molecule has 4 heteroatoms. The number of amides is 1. The summed E-state index contributed by atoms with van der Waals surface area (Å²) in [6.45, 7) is 10.0. The van der Waals surface area contributed by atoms with E-state index in [1.807, 2.05) is 0 Å². The van der Waals surface area contributed by atoms with Gasteiger partial charge in [-0.3, -0.25) is 4.79 Å². The van der Waals surface area contributed by atoms with Gasteiger partial charge in [-0.05, 0) is 37.8 Å². The molecule has 1 aliphatic heterocycles. The third-order valence-electron chi connectivity index (χ3n) is 3.56. The third kappa shape index (κ3) is 5.50. The minimum atomic E-state index is 0.0844. The average molecular weight is 241 g/mol. The predicted molar refractivity (Wildman–Crippen MR) is 70.7 cm³/mol. The minimum absolute atomic E-state index is 0.0844. The van der Waals surface area contributed by atoms with E-state index in [1.165, 1.54) is 12.8 Å². The van der Waals surface area contributed by atoms with Crippen molar-refractivity contribution in [3.63, 3.8) is 0 Å². The van der Waals surface area contributed by atoms with Crippen LogP contribution in [0.25, 0.3) is 0 Å². The van der Waals surface area contributed by atoms with E-state index >= 15 is 0 Å². The molecule has 3 N–H and O–H groups in total. The van der Waals surface area contributed by atoms with Crippen LogP contribution in [0, 0.1) is 5.41 Å². The van der Waals surface area contributed by atoms with E-state index in [0.717, 1.165) is 32.6 Å². The van der Waals surface area contributed by atoms with Crippen LogP contribution >= 0.6 is 0 Å². The molecule has 1 saturated heterocycles. The smallest absolute Gasteiger partial charge is 0.217 e. The van der Waals surface area contributed by atoms with E-state index in [9.17, 15) is 4.79 Å². The summed E-state index contributed by atoms with van der Waals surface area (Å²) in [5, 5.41) is 2.99. The minimum Gasteiger partial charge on any atom is -0.352 e. The number of carbonyl (C=O) groups excluding carboxylic acids is 1. The summed E-state index contributed by atoms with van der Waals surface area (Å²) in [4.78, 5) is 13.4. The number of hydrogen-bond acceptors (Lipinski definition) is 3. The Bertz CT molecular complexity index is 253. The number of nitrogens with zero attached hydrogens (tertiary/aromatic N) is 1. The van der Waals surface area contributed by atoms with E-state index in [0.29, 0.717) is 6.04 Å². The van der Waals surface area contributed by atoms with Crippen LogP contribution in [0.3, 0.4) is 0 Å². The fraction of sp³-hybridized carbons (Fsp3) is 0.923. The van der Waals surface area contributed by atoms with E-state index in [-0.39, 0.29) is 11.3 Å². The van der Waals surface area contributed by atoms with Gasteiger partial charge in [0.2, 0.25) is 5.91 Å². The molecule has 1 aliphatic rings. The highest BCUT2D eigenvalue weighted by Crippen LogP contribution is 2.21. The van der Waals surface area contributed by atoms with Crippen molar-refractivity contribution >= 4 is 5.91 Å². The SMILES string of the molecule is CC(=O)NC1CCN(CCCC(C)(C)CN)C1. The van der Waals surface area contributed by atoms with Gasteiger partial charge < -0.3 is 16.0 Å². The van der Waals surface area contributed by atoms with Crippen LogP contribution in [0.2, 0.25) is 0 Å². The average Bonchev–Trinajstić information content (AvgIpc) is 2.64. The molecule has 1 amide bonds. The maximum Gasteiger partial charge on any atom is 0.217 e. The van der Waals surface area contributed by atoms with Crippen LogP contribution in [0.4, 0.5) is 0 Å². The summed E-state index contributed by atoms with van der Waals surface area (Å²) in [6, 6.07) is 0.356. The topological polar surface area (TPSA) is 58.4 Å². The first-order valence-electron chi connectivity index (χ1n) is 6.62. The Morgan fingerprint density at radius 3 is 2.82 bits per heavy atom. The molecule has 0 aromatic rings. The van der Waals surface area contributed by atoms with E-state index in [2.05, 4.69) is 24.1 Å². The zero-order valence-corrected chi connectivity index (χ0v) is 11.5. The molecule has 4 nitrogen and oxygen atoms in total. The van der Waals surface area contributed by atoms with Gasteiger partial charge in [0, 0.05) is 26.1 Å². The molecule has 0 saturated carbocycles. The van der Waals surface area contributed by atoms with E-state index in [1.54, 1.807) is 6.92 Å².